The maximum Gasteiger partial charge on any atom is 0.406 e. The van der Waals surface area contributed by atoms with Crippen molar-refractivity contribution >= 4 is 24.2 Å². The van der Waals surface area contributed by atoms with Crippen molar-refractivity contribution in [2.24, 2.45) is 11.8 Å². The fourth-order valence-electron chi connectivity index (χ4n) is 3.32. The standard InChI is InChI=1S/C15H24F3N3O2.ClH/c1-10(11-3-2-5-19-8-11)7-13(22)20-12-4-6-21(14(12)23)9-15(16,17)18;/h10-12,19H,2-9H2,1H3,(H,20,22);1H. The molecule has 2 N–H and O–H groups in total. The maximum atomic E-state index is 12.4. The van der Waals surface area contributed by atoms with Crippen LogP contribution in [0.1, 0.15) is 32.6 Å². The highest BCUT2D eigenvalue weighted by Crippen LogP contribution is 2.23. The number of rotatable bonds is 5. The van der Waals surface area contributed by atoms with Gasteiger partial charge < -0.3 is 15.5 Å². The van der Waals surface area contributed by atoms with Crippen LogP contribution >= 0.6 is 12.4 Å². The Kier molecular flexibility index (Phi) is 7.79. The molecule has 0 aromatic carbocycles. The normalized spacial score (nSPS) is 26.0. The van der Waals surface area contributed by atoms with E-state index in [1.807, 2.05) is 6.92 Å². The molecule has 2 aliphatic rings. The lowest BCUT2D eigenvalue weighted by Crippen LogP contribution is -2.44. The molecule has 2 fully saturated rings. The highest BCUT2D eigenvalue weighted by atomic mass is 35.5. The van der Waals surface area contributed by atoms with Gasteiger partial charge in [0.25, 0.3) is 0 Å². The first-order valence-corrected chi connectivity index (χ1v) is 8.12. The van der Waals surface area contributed by atoms with E-state index >= 15 is 0 Å². The smallest absolute Gasteiger partial charge is 0.344 e. The molecule has 2 saturated heterocycles. The van der Waals surface area contributed by atoms with Gasteiger partial charge >= 0.3 is 6.18 Å². The molecule has 0 bridgehead atoms. The minimum atomic E-state index is -4.41. The number of hydrogen-bond acceptors (Lipinski definition) is 3. The Hall–Kier alpha value is -1.02. The zero-order chi connectivity index (χ0) is 17.0. The first-order valence-electron chi connectivity index (χ1n) is 8.12. The summed E-state index contributed by atoms with van der Waals surface area (Å²) >= 11 is 0. The van der Waals surface area contributed by atoms with Gasteiger partial charge in [-0.05, 0) is 44.2 Å². The van der Waals surface area contributed by atoms with E-state index in [-0.39, 0.29) is 37.2 Å². The van der Waals surface area contributed by atoms with Gasteiger partial charge in [-0.3, -0.25) is 9.59 Å². The van der Waals surface area contributed by atoms with Crippen LogP contribution in [0.5, 0.6) is 0 Å². The lowest BCUT2D eigenvalue weighted by molar-refractivity contribution is -0.158. The van der Waals surface area contributed by atoms with Crippen molar-refractivity contribution in [1.29, 1.82) is 0 Å². The van der Waals surface area contributed by atoms with Gasteiger partial charge in [0.1, 0.15) is 12.6 Å². The fourth-order valence-corrected chi connectivity index (χ4v) is 3.32. The molecule has 3 unspecified atom stereocenters. The summed E-state index contributed by atoms with van der Waals surface area (Å²) in [7, 11) is 0. The van der Waals surface area contributed by atoms with E-state index in [1.165, 1.54) is 0 Å². The Morgan fingerprint density at radius 1 is 1.42 bits per heavy atom. The molecule has 0 saturated carbocycles. The number of amides is 2. The van der Waals surface area contributed by atoms with E-state index in [0.29, 0.717) is 12.3 Å². The summed E-state index contributed by atoms with van der Waals surface area (Å²) in [6.07, 6.45) is -1.71. The fraction of sp³-hybridized carbons (Fsp3) is 0.867. The van der Waals surface area contributed by atoms with Crippen molar-refractivity contribution in [3.8, 4) is 0 Å². The number of hydrogen-bond donors (Lipinski definition) is 2. The van der Waals surface area contributed by atoms with Crippen LogP contribution in [-0.2, 0) is 9.59 Å². The average molecular weight is 372 g/mol. The molecule has 0 aromatic heterocycles. The van der Waals surface area contributed by atoms with Gasteiger partial charge in [0.05, 0.1) is 0 Å². The number of piperidine rings is 1. The van der Waals surface area contributed by atoms with Crippen molar-refractivity contribution < 1.29 is 22.8 Å². The van der Waals surface area contributed by atoms with Crippen LogP contribution in [0.4, 0.5) is 13.2 Å². The first kappa shape index (κ1) is 21.0. The molecule has 5 nitrogen and oxygen atoms in total. The summed E-state index contributed by atoms with van der Waals surface area (Å²) < 4.78 is 37.1. The van der Waals surface area contributed by atoms with Crippen LogP contribution < -0.4 is 10.6 Å². The second-order valence-electron chi connectivity index (χ2n) is 6.57. The van der Waals surface area contributed by atoms with Gasteiger partial charge in [0.2, 0.25) is 11.8 Å². The molecule has 2 amide bonds. The number of alkyl halides is 3. The zero-order valence-corrected chi connectivity index (χ0v) is 14.5. The third-order valence-corrected chi connectivity index (χ3v) is 4.65. The quantitative estimate of drug-likeness (QED) is 0.773. The van der Waals surface area contributed by atoms with Gasteiger partial charge in [0, 0.05) is 13.0 Å². The summed E-state index contributed by atoms with van der Waals surface area (Å²) in [6, 6.07) is -0.818. The highest BCUT2D eigenvalue weighted by molar-refractivity contribution is 5.89. The average Bonchev–Trinajstić information content (AvgIpc) is 2.79. The number of carbonyl (C=O) groups is 2. The van der Waals surface area contributed by atoms with Crippen LogP contribution in [-0.4, -0.2) is 55.1 Å². The predicted molar refractivity (Wildman–Crippen MR) is 85.8 cm³/mol. The third kappa shape index (κ3) is 6.12. The predicted octanol–water partition coefficient (Wildman–Crippen LogP) is 1.71. The molecule has 2 aliphatic heterocycles. The number of likely N-dealkylation sites (tertiary alicyclic amines) is 1. The van der Waals surface area contributed by atoms with Crippen LogP contribution in [0.3, 0.4) is 0 Å². The molecule has 24 heavy (non-hydrogen) atoms. The van der Waals surface area contributed by atoms with Crippen molar-refractivity contribution in [1.82, 2.24) is 15.5 Å². The van der Waals surface area contributed by atoms with E-state index < -0.39 is 24.7 Å². The summed E-state index contributed by atoms with van der Waals surface area (Å²) in [6.45, 7) is 2.68. The van der Waals surface area contributed by atoms with Gasteiger partial charge in [-0.15, -0.1) is 12.4 Å². The lowest BCUT2D eigenvalue weighted by Gasteiger charge is -2.28. The lowest BCUT2D eigenvalue weighted by atomic mass is 9.85. The number of halogens is 4. The molecule has 0 spiro atoms. The molecule has 0 aliphatic carbocycles. The minimum Gasteiger partial charge on any atom is -0.344 e. The Balaban J connectivity index is 0.00000288. The van der Waals surface area contributed by atoms with Gasteiger partial charge in [-0.2, -0.15) is 13.2 Å². The molecular weight excluding hydrogens is 347 g/mol. The second-order valence-corrected chi connectivity index (χ2v) is 6.57. The van der Waals surface area contributed by atoms with E-state index in [1.54, 1.807) is 0 Å². The Bertz CT molecular complexity index is 442. The van der Waals surface area contributed by atoms with Gasteiger partial charge in [-0.25, -0.2) is 0 Å². The highest BCUT2D eigenvalue weighted by Gasteiger charge is 2.39. The molecule has 2 heterocycles. The molecule has 0 aromatic rings. The third-order valence-electron chi connectivity index (χ3n) is 4.65. The molecular formula is C15H25ClF3N3O2. The second kappa shape index (κ2) is 8.89. The largest absolute Gasteiger partial charge is 0.406 e. The summed E-state index contributed by atoms with van der Waals surface area (Å²) in [5, 5.41) is 5.89. The van der Waals surface area contributed by atoms with Gasteiger partial charge in [0.15, 0.2) is 0 Å². The van der Waals surface area contributed by atoms with E-state index in [9.17, 15) is 22.8 Å². The van der Waals surface area contributed by atoms with Crippen LogP contribution in [0, 0.1) is 11.8 Å². The molecule has 3 atom stereocenters. The SMILES string of the molecule is CC(CC(=O)NC1CCN(CC(F)(F)F)C1=O)C1CCCNC1.Cl. The summed E-state index contributed by atoms with van der Waals surface area (Å²) in [5.41, 5.74) is 0. The number of nitrogens with one attached hydrogen (secondary N) is 2. The van der Waals surface area contributed by atoms with E-state index in [0.717, 1.165) is 30.8 Å². The minimum absolute atomic E-state index is 0. The van der Waals surface area contributed by atoms with Crippen molar-refractivity contribution in [2.45, 2.75) is 44.8 Å². The first-order chi connectivity index (χ1) is 10.8. The summed E-state index contributed by atoms with van der Waals surface area (Å²) in [5.74, 6) is -0.279. The summed E-state index contributed by atoms with van der Waals surface area (Å²) in [4.78, 5) is 24.7. The Morgan fingerprint density at radius 3 is 2.71 bits per heavy atom. The maximum absolute atomic E-state index is 12.4. The molecule has 9 heteroatoms. The van der Waals surface area contributed by atoms with Crippen LogP contribution in [0.15, 0.2) is 0 Å². The van der Waals surface area contributed by atoms with Gasteiger partial charge in [-0.1, -0.05) is 6.92 Å². The molecule has 2 rings (SSSR count). The molecule has 140 valence electrons. The molecule has 0 radical (unpaired) electrons. The van der Waals surface area contributed by atoms with Crippen LogP contribution in [0.2, 0.25) is 0 Å². The van der Waals surface area contributed by atoms with Crippen molar-refractivity contribution in [2.75, 3.05) is 26.2 Å². The monoisotopic (exact) mass is 371 g/mol. The number of nitrogens with zero attached hydrogens (tertiary/aromatic N) is 1. The van der Waals surface area contributed by atoms with Crippen LogP contribution in [0.25, 0.3) is 0 Å². The van der Waals surface area contributed by atoms with E-state index in [4.69, 9.17) is 0 Å². The number of carbonyl (C=O) groups excluding carboxylic acids is 2. The van der Waals surface area contributed by atoms with Crippen molar-refractivity contribution in [3.05, 3.63) is 0 Å². The van der Waals surface area contributed by atoms with Crippen molar-refractivity contribution in [3.63, 3.8) is 0 Å². The topological polar surface area (TPSA) is 61.4 Å². The Morgan fingerprint density at radius 2 is 2.12 bits per heavy atom. The van der Waals surface area contributed by atoms with E-state index in [2.05, 4.69) is 10.6 Å². The Labute approximate surface area is 146 Å². The zero-order valence-electron chi connectivity index (χ0n) is 13.7.